The van der Waals surface area contributed by atoms with Gasteiger partial charge in [-0.3, -0.25) is 0 Å². The Balaban J connectivity index is 1.43. The maximum atomic E-state index is 11.2. The molecule has 0 radical (unpaired) electrons. The number of hydrogen-bond donors (Lipinski definition) is 10. The second-order valence-corrected chi connectivity index (χ2v) is 10.6. The molecule has 234 valence electrons. The SMILES string of the molecule is COc1ccc(OC[C@H]2O[C@H](O[C@@H]3[C@@H](O)[C@H](O[C@H]4O[C@H](CN)[C@@H](O)[C@H](O)[C@H]4O)[C@@H](N)C[C@H]3N)[C@H](O)[C@@H](N)[C@@H]2O)cc1. The number of aliphatic hydroxyl groups excluding tert-OH is 6. The van der Waals surface area contributed by atoms with Gasteiger partial charge < -0.3 is 82.0 Å². The molecule has 15 atom stereocenters. The molecule has 16 nitrogen and oxygen atoms in total. The first-order valence-corrected chi connectivity index (χ1v) is 13.4. The van der Waals surface area contributed by atoms with Crippen LogP contribution in [0.1, 0.15) is 6.42 Å². The Hall–Kier alpha value is -1.74. The fourth-order valence-electron chi connectivity index (χ4n) is 5.24. The Kier molecular flexibility index (Phi) is 10.8. The van der Waals surface area contributed by atoms with Crippen molar-refractivity contribution in [3.05, 3.63) is 24.3 Å². The van der Waals surface area contributed by atoms with E-state index in [1.165, 1.54) is 7.11 Å². The van der Waals surface area contributed by atoms with Crippen LogP contribution in [0.4, 0.5) is 0 Å². The summed E-state index contributed by atoms with van der Waals surface area (Å²) >= 11 is 0. The van der Waals surface area contributed by atoms with Crippen molar-refractivity contribution in [2.24, 2.45) is 22.9 Å². The second kappa shape index (κ2) is 13.7. The number of hydrogen-bond acceptors (Lipinski definition) is 16. The van der Waals surface area contributed by atoms with Crippen LogP contribution in [-0.2, 0) is 18.9 Å². The van der Waals surface area contributed by atoms with Crippen LogP contribution in [-0.4, -0.2) is 143 Å². The third-order valence-corrected chi connectivity index (χ3v) is 7.78. The summed E-state index contributed by atoms with van der Waals surface area (Å²) in [4.78, 5) is 0. The minimum Gasteiger partial charge on any atom is -0.497 e. The van der Waals surface area contributed by atoms with Gasteiger partial charge in [-0.25, -0.2) is 0 Å². The minimum absolute atomic E-state index is 0.0855. The number of aliphatic hydroxyl groups is 6. The van der Waals surface area contributed by atoms with Gasteiger partial charge in [0.2, 0.25) is 0 Å². The predicted molar refractivity (Wildman–Crippen MR) is 139 cm³/mol. The van der Waals surface area contributed by atoms with Gasteiger partial charge in [-0.2, -0.15) is 0 Å². The zero-order valence-electron chi connectivity index (χ0n) is 22.5. The molecule has 0 unspecified atom stereocenters. The average Bonchev–Trinajstić information content (AvgIpc) is 2.96. The molecule has 1 aromatic carbocycles. The molecule has 0 amide bonds. The first kappa shape index (κ1) is 32.2. The smallest absolute Gasteiger partial charge is 0.187 e. The third-order valence-electron chi connectivity index (χ3n) is 7.78. The molecule has 16 heteroatoms. The van der Waals surface area contributed by atoms with E-state index >= 15 is 0 Å². The summed E-state index contributed by atoms with van der Waals surface area (Å²) in [7, 11) is 1.53. The van der Waals surface area contributed by atoms with Crippen LogP contribution >= 0.6 is 0 Å². The molecule has 1 aliphatic carbocycles. The lowest BCUT2D eigenvalue weighted by molar-refractivity contribution is -0.331. The molecule has 0 bridgehead atoms. The van der Waals surface area contributed by atoms with Gasteiger partial charge in [0.25, 0.3) is 0 Å². The molecule has 2 aliphatic heterocycles. The van der Waals surface area contributed by atoms with Crippen molar-refractivity contribution in [1.82, 2.24) is 0 Å². The van der Waals surface area contributed by atoms with Crippen molar-refractivity contribution in [2.45, 2.75) is 98.2 Å². The van der Waals surface area contributed by atoms with Crippen LogP contribution in [0.5, 0.6) is 11.5 Å². The van der Waals surface area contributed by atoms with Gasteiger partial charge in [0.15, 0.2) is 12.6 Å². The fraction of sp³-hybridized carbons (Fsp3) is 0.760. The lowest BCUT2D eigenvalue weighted by atomic mass is 9.84. The van der Waals surface area contributed by atoms with E-state index in [1.807, 2.05) is 0 Å². The van der Waals surface area contributed by atoms with E-state index < -0.39 is 91.7 Å². The molecule has 14 N–H and O–H groups in total. The molecule has 1 aromatic rings. The molecule has 0 spiro atoms. The van der Waals surface area contributed by atoms with Gasteiger partial charge in [-0.15, -0.1) is 0 Å². The normalized spacial score (nSPS) is 45.3. The molecule has 3 fully saturated rings. The lowest BCUT2D eigenvalue weighted by Gasteiger charge is -2.48. The first-order valence-electron chi connectivity index (χ1n) is 13.4. The van der Waals surface area contributed by atoms with Crippen LogP contribution in [0.2, 0.25) is 0 Å². The number of nitrogens with two attached hydrogens (primary N) is 4. The standard InChI is InChI=1S/C25H42N4O12/c1-36-9-2-4-10(5-3-9)37-8-14-16(30)15(29)18(32)24(39-14)40-22-11(27)6-12(28)23(21(22)35)41-25-20(34)19(33)17(31)13(7-26)38-25/h2-5,11-25,30-35H,6-8,26-29H2,1H3/t11-,12+,13-,14-,15+,16-,17-,18-,19+,20-,21-,22+,23-,24-,25-/m1/s1. The van der Waals surface area contributed by atoms with Crippen molar-refractivity contribution in [2.75, 3.05) is 20.3 Å². The summed E-state index contributed by atoms with van der Waals surface area (Å²) in [6.45, 7) is -0.315. The molecule has 0 aromatic heterocycles. The quantitative estimate of drug-likeness (QED) is 0.129. The van der Waals surface area contributed by atoms with Crippen molar-refractivity contribution in [3.8, 4) is 11.5 Å². The van der Waals surface area contributed by atoms with Gasteiger partial charge >= 0.3 is 0 Å². The Morgan fingerprint density at radius 1 is 0.707 bits per heavy atom. The highest BCUT2D eigenvalue weighted by Crippen LogP contribution is 2.31. The zero-order chi connectivity index (χ0) is 30.0. The molecule has 2 heterocycles. The average molecular weight is 591 g/mol. The number of methoxy groups -OCH3 is 1. The molecule has 4 rings (SSSR count). The molecule has 3 aliphatic rings. The van der Waals surface area contributed by atoms with E-state index in [0.717, 1.165) is 0 Å². The van der Waals surface area contributed by atoms with Crippen LogP contribution in [0.3, 0.4) is 0 Å². The summed E-state index contributed by atoms with van der Waals surface area (Å²) in [6, 6.07) is 3.86. The van der Waals surface area contributed by atoms with E-state index in [9.17, 15) is 30.6 Å². The maximum absolute atomic E-state index is 11.2. The largest absolute Gasteiger partial charge is 0.497 e. The summed E-state index contributed by atoms with van der Waals surface area (Å²) < 4.78 is 33.8. The van der Waals surface area contributed by atoms with Gasteiger partial charge in [-0.05, 0) is 30.7 Å². The van der Waals surface area contributed by atoms with Crippen LogP contribution in [0.25, 0.3) is 0 Å². The van der Waals surface area contributed by atoms with E-state index in [1.54, 1.807) is 24.3 Å². The molecular formula is C25H42N4O12. The van der Waals surface area contributed by atoms with Gasteiger partial charge in [0, 0.05) is 18.6 Å². The highest BCUT2D eigenvalue weighted by atomic mass is 16.7. The highest BCUT2D eigenvalue weighted by Gasteiger charge is 2.51. The van der Waals surface area contributed by atoms with Crippen molar-refractivity contribution < 1.29 is 59.1 Å². The summed E-state index contributed by atoms with van der Waals surface area (Å²) in [6.07, 6.45) is -16.4. The maximum Gasteiger partial charge on any atom is 0.187 e. The van der Waals surface area contributed by atoms with Crippen LogP contribution in [0, 0.1) is 0 Å². The predicted octanol–water partition coefficient (Wildman–Crippen LogP) is -5.20. The third kappa shape index (κ3) is 6.92. The Bertz CT molecular complexity index is 963. The molecule has 1 saturated carbocycles. The molecule has 41 heavy (non-hydrogen) atoms. The highest BCUT2D eigenvalue weighted by molar-refractivity contribution is 5.31. The van der Waals surface area contributed by atoms with Crippen LogP contribution in [0.15, 0.2) is 24.3 Å². The Morgan fingerprint density at radius 3 is 1.80 bits per heavy atom. The van der Waals surface area contributed by atoms with Crippen molar-refractivity contribution >= 4 is 0 Å². The Morgan fingerprint density at radius 2 is 1.24 bits per heavy atom. The van der Waals surface area contributed by atoms with Crippen molar-refractivity contribution in [3.63, 3.8) is 0 Å². The minimum atomic E-state index is -1.67. The van der Waals surface area contributed by atoms with E-state index in [0.29, 0.717) is 11.5 Å². The topological polar surface area (TPSA) is 281 Å². The Labute approximate surface area is 236 Å². The summed E-state index contributed by atoms with van der Waals surface area (Å²) in [5.74, 6) is 1.10. The van der Waals surface area contributed by atoms with Gasteiger partial charge in [0.1, 0.15) is 79.1 Å². The van der Waals surface area contributed by atoms with Gasteiger partial charge in [-0.1, -0.05) is 0 Å². The van der Waals surface area contributed by atoms with Crippen molar-refractivity contribution in [1.29, 1.82) is 0 Å². The number of rotatable bonds is 9. The van der Waals surface area contributed by atoms with E-state index in [2.05, 4.69) is 0 Å². The summed E-state index contributed by atoms with van der Waals surface area (Å²) in [5, 5.41) is 63.1. The molecular weight excluding hydrogens is 548 g/mol. The van der Waals surface area contributed by atoms with Crippen LogP contribution < -0.4 is 32.4 Å². The van der Waals surface area contributed by atoms with Gasteiger partial charge in [0.05, 0.1) is 13.2 Å². The van der Waals surface area contributed by atoms with E-state index in [-0.39, 0.29) is 19.6 Å². The van der Waals surface area contributed by atoms with E-state index in [4.69, 9.17) is 51.4 Å². The second-order valence-electron chi connectivity index (χ2n) is 10.6. The number of ether oxygens (including phenoxy) is 6. The summed E-state index contributed by atoms with van der Waals surface area (Å²) in [5.41, 5.74) is 24.1. The fourth-order valence-corrected chi connectivity index (χ4v) is 5.24. The first-order chi connectivity index (χ1) is 19.5. The lowest BCUT2D eigenvalue weighted by Crippen LogP contribution is -2.68. The monoisotopic (exact) mass is 590 g/mol. The molecule has 2 saturated heterocycles. The number of benzene rings is 1. The zero-order valence-corrected chi connectivity index (χ0v) is 22.5.